The molecule has 8 heteroatoms. The molecule has 3 rings (SSSR count). The highest BCUT2D eigenvalue weighted by Gasteiger charge is 2.46. The largest absolute Gasteiger partial charge is 0.507 e. The molecule has 32 heavy (non-hydrogen) atoms. The summed E-state index contributed by atoms with van der Waals surface area (Å²) in [5.41, 5.74) is 2.59. The number of aryl methyl sites for hydroxylation is 2. The Kier molecular flexibility index (Phi) is 6.74. The van der Waals surface area contributed by atoms with Gasteiger partial charge < -0.3 is 19.6 Å². The minimum atomic E-state index is -0.718. The number of rotatable bonds is 7. The van der Waals surface area contributed by atoms with Gasteiger partial charge in [0.05, 0.1) is 29.0 Å². The van der Waals surface area contributed by atoms with E-state index < -0.39 is 17.7 Å². The highest BCUT2D eigenvalue weighted by atomic mass is 16.5. The van der Waals surface area contributed by atoms with Crippen LogP contribution in [0.3, 0.4) is 0 Å². The van der Waals surface area contributed by atoms with Crippen LogP contribution in [0.4, 0.5) is 0 Å². The number of likely N-dealkylation sites (N-methyl/N-ethyl adjacent to an activating group) is 1. The van der Waals surface area contributed by atoms with Gasteiger partial charge >= 0.3 is 0 Å². The molecular weight excluding hydrogens is 408 g/mol. The normalized spacial score (nSPS) is 18.3. The number of ether oxygens (including phenoxy) is 1. The molecule has 0 saturated carbocycles. The first-order valence-electron chi connectivity index (χ1n) is 10.7. The van der Waals surface area contributed by atoms with Crippen LogP contribution < -0.4 is 4.74 Å². The lowest BCUT2D eigenvalue weighted by atomic mass is 9.94. The minimum Gasteiger partial charge on any atom is -0.507 e. The van der Waals surface area contributed by atoms with Crippen molar-refractivity contribution < 1.29 is 19.4 Å². The van der Waals surface area contributed by atoms with Gasteiger partial charge in [-0.05, 0) is 59.5 Å². The molecule has 1 aliphatic heterocycles. The van der Waals surface area contributed by atoms with Gasteiger partial charge in [-0.15, -0.1) is 0 Å². The molecule has 1 aromatic heterocycles. The summed E-state index contributed by atoms with van der Waals surface area (Å²) in [5.74, 6) is -0.861. The maximum Gasteiger partial charge on any atom is 0.295 e. The molecule has 0 radical (unpaired) electrons. The van der Waals surface area contributed by atoms with E-state index in [2.05, 4.69) is 5.10 Å². The summed E-state index contributed by atoms with van der Waals surface area (Å²) in [6, 6.07) is 6.63. The van der Waals surface area contributed by atoms with E-state index in [0.717, 1.165) is 5.69 Å². The van der Waals surface area contributed by atoms with Crippen LogP contribution in [0.1, 0.15) is 42.4 Å². The Morgan fingerprint density at radius 2 is 1.94 bits per heavy atom. The number of amides is 1. The quantitative estimate of drug-likeness (QED) is 0.405. The van der Waals surface area contributed by atoms with E-state index in [1.807, 2.05) is 64.0 Å². The molecule has 0 aliphatic carbocycles. The molecule has 1 aromatic carbocycles. The number of Topliss-reactive ketones (excluding diaryl/α,β-unsaturated/α-hetero) is 1. The number of ketones is 1. The van der Waals surface area contributed by atoms with Gasteiger partial charge in [0.15, 0.2) is 0 Å². The molecule has 1 saturated heterocycles. The fourth-order valence-electron chi connectivity index (χ4n) is 4.05. The highest BCUT2D eigenvalue weighted by Crippen LogP contribution is 2.41. The van der Waals surface area contributed by atoms with Crippen LogP contribution in [0.2, 0.25) is 0 Å². The van der Waals surface area contributed by atoms with E-state index in [0.29, 0.717) is 35.7 Å². The van der Waals surface area contributed by atoms with Crippen LogP contribution in [-0.4, -0.2) is 69.7 Å². The first-order valence-corrected chi connectivity index (χ1v) is 10.7. The second-order valence-corrected chi connectivity index (χ2v) is 8.70. The zero-order valence-corrected chi connectivity index (χ0v) is 19.8. The average molecular weight is 441 g/mol. The Morgan fingerprint density at radius 3 is 2.50 bits per heavy atom. The van der Waals surface area contributed by atoms with Crippen LogP contribution in [-0.2, 0) is 16.6 Å². The standard InChI is InChI=1S/C24H32N4O4/c1-14(2)32-18-10-8-9-17(13-18)21-20(22(29)19-15(3)25-27(7)16(19)4)23(30)24(31)28(21)12-11-26(5)6/h8-10,13-14,21,29H,11-12H2,1-7H3/b22-20+/t21-/m1/s1. The molecule has 1 fully saturated rings. The lowest BCUT2D eigenvalue weighted by molar-refractivity contribution is -0.140. The predicted molar refractivity (Wildman–Crippen MR) is 122 cm³/mol. The van der Waals surface area contributed by atoms with Gasteiger partial charge in [-0.3, -0.25) is 14.3 Å². The Hall–Kier alpha value is -3.13. The van der Waals surface area contributed by atoms with Crippen molar-refractivity contribution in [1.29, 1.82) is 0 Å². The van der Waals surface area contributed by atoms with E-state index in [1.165, 1.54) is 4.90 Å². The maximum absolute atomic E-state index is 13.2. The van der Waals surface area contributed by atoms with Crippen molar-refractivity contribution in [2.45, 2.75) is 39.8 Å². The smallest absolute Gasteiger partial charge is 0.295 e. The van der Waals surface area contributed by atoms with Gasteiger partial charge in [0.25, 0.3) is 11.7 Å². The van der Waals surface area contributed by atoms with Crippen molar-refractivity contribution in [1.82, 2.24) is 19.6 Å². The number of aliphatic hydroxyl groups excluding tert-OH is 1. The van der Waals surface area contributed by atoms with Gasteiger partial charge in [0, 0.05) is 25.8 Å². The lowest BCUT2D eigenvalue weighted by Crippen LogP contribution is -2.35. The summed E-state index contributed by atoms with van der Waals surface area (Å²) in [5, 5.41) is 15.7. The predicted octanol–water partition coefficient (Wildman–Crippen LogP) is 2.81. The van der Waals surface area contributed by atoms with E-state index in [4.69, 9.17) is 4.74 Å². The number of hydrogen-bond acceptors (Lipinski definition) is 6. The summed E-state index contributed by atoms with van der Waals surface area (Å²) in [4.78, 5) is 29.7. The topological polar surface area (TPSA) is 87.9 Å². The molecule has 0 spiro atoms. The van der Waals surface area contributed by atoms with Crippen LogP contribution in [0, 0.1) is 13.8 Å². The third-order valence-electron chi connectivity index (χ3n) is 5.62. The van der Waals surface area contributed by atoms with E-state index in [9.17, 15) is 14.7 Å². The van der Waals surface area contributed by atoms with Crippen molar-refractivity contribution in [3.63, 3.8) is 0 Å². The van der Waals surface area contributed by atoms with Crippen LogP contribution in [0.25, 0.3) is 5.76 Å². The van der Waals surface area contributed by atoms with Crippen molar-refractivity contribution in [2.24, 2.45) is 7.05 Å². The molecule has 172 valence electrons. The Labute approximate surface area is 189 Å². The monoisotopic (exact) mass is 440 g/mol. The SMILES string of the molecule is Cc1nn(C)c(C)c1/C(O)=C1\C(=O)C(=O)N(CCN(C)C)[C@@H]1c1cccc(OC(C)C)c1. The summed E-state index contributed by atoms with van der Waals surface area (Å²) < 4.78 is 7.49. The van der Waals surface area contributed by atoms with Crippen molar-refractivity contribution in [3.05, 3.63) is 52.4 Å². The Bertz CT molecular complexity index is 1070. The molecule has 8 nitrogen and oxygen atoms in total. The maximum atomic E-state index is 13.2. The molecule has 1 amide bonds. The molecule has 1 aliphatic rings. The molecule has 1 atom stereocenters. The highest BCUT2D eigenvalue weighted by molar-refractivity contribution is 6.46. The number of benzene rings is 1. The molecular formula is C24H32N4O4. The van der Waals surface area contributed by atoms with Gasteiger partial charge in [-0.25, -0.2) is 0 Å². The zero-order chi connectivity index (χ0) is 23.7. The zero-order valence-electron chi connectivity index (χ0n) is 19.8. The number of likely N-dealkylation sites (tertiary alicyclic amines) is 1. The summed E-state index contributed by atoms with van der Waals surface area (Å²) in [6.45, 7) is 8.39. The number of carbonyl (C=O) groups excluding carboxylic acids is 2. The molecule has 1 N–H and O–H groups in total. The number of hydrogen-bond donors (Lipinski definition) is 1. The first-order chi connectivity index (χ1) is 15.0. The van der Waals surface area contributed by atoms with Gasteiger partial charge in [0.1, 0.15) is 11.5 Å². The Morgan fingerprint density at radius 1 is 1.25 bits per heavy atom. The molecule has 0 bridgehead atoms. The van der Waals surface area contributed by atoms with E-state index >= 15 is 0 Å². The average Bonchev–Trinajstić information content (AvgIpc) is 3.11. The van der Waals surface area contributed by atoms with Gasteiger partial charge in [0.2, 0.25) is 0 Å². The van der Waals surface area contributed by atoms with E-state index in [-0.39, 0.29) is 17.4 Å². The van der Waals surface area contributed by atoms with Crippen molar-refractivity contribution in [2.75, 3.05) is 27.2 Å². The lowest BCUT2D eigenvalue weighted by Gasteiger charge is -2.27. The Balaban J connectivity index is 2.20. The van der Waals surface area contributed by atoms with Crippen molar-refractivity contribution >= 4 is 17.4 Å². The van der Waals surface area contributed by atoms with Crippen LogP contribution in [0.5, 0.6) is 5.75 Å². The fraction of sp³-hybridized carbons (Fsp3) is 0.458. The molecule has 2 heterocycles. The number of aromatic nitrogens is 2. The fourth-order valence-corrected chi connectivity index (χ4v) is 4.05. The van der Waals surface area contributed by atoms with Crippen molar-refractivity contribution in [3.8, 4) is 5.75 Å². The third-order valence-corrected chi connectivity index (χ3v) is 5.62. The number of aliphatic hydroxyl groups is 1. The van der Waals surface area contributed by atoms with Crippen LogP contribution in [0.15, 0.2) is 29.8 Å². The molecule has 2 aromatic rings. The van der Waals surface area contributed by atoms with E-state index in [1.54, 1.807) is 18.7 Å². The van der Waals surface area contributed by atoms with Crippen LogP contribution >= 0.6 is 0 Å². The second kappa shape index (κ2) is 9.16. The second-order valence-electron chi connectivity index (χ2n) is 8.70. The summed E-state index contributed by atoms with van der Waals surface area (Å²) >= 11 is 0. The summed E-state index contributed by atoms with van der Waals surface area (Å²) in [7, 11) is 5.59. The minimum absolute atomic E-state index is 0.0222. The summed E-state index contributed by atoms with van der Waals surface area (Å²) in [6.07, 6.45) is -0.0222. The number of carbonyl (C=O) groups is 2. The van der Waals surface area contributed by atoms with Gasteiger partial charge in [-0.1, -0.05) is 12.1 Å². The molecule has 0 unspecified atom stereocenters. The number of nitrogens with zero attached hydrogens (tertiary/aromatic N) is 4. The van der Waals surface area contributed by atoms with Gasteiger partial charge in [-0.2, -0.15) is 5.10 Å². The first kappa shape index (κ1) is 23.5. The third kappa shape index (κ3) is 4.41.